The molecule has 0 spiro atoms. The number of rotatable bonds is 5. The van der Waals surface area contributed by atoms with E-state index in [-0.39, 0.29) is 5.91 Å². The predicted molar refractivity (Wildman–Crippen MR) is 70.5 cm³/mol. The quantitative estimate of drug-likeness (QED) is 0.724. The monoisotopic (exact) mass is 255 g/mol. The maximum Gasteiger partial charge on any atom is 0.233 e. The van der Waals surface area contributed by atoms with Crippen LogP contribution < -0.4 is 10.6 Å². The van der Waals surface area contributed by atoms with Gasteiger partial charge in [0.05, 0.1) is 12.6 Å². The van der Waals surface area contributed by atoms with Crippen LogP contribution in [-0.2, 0) is 9.53 Å². The number of nitrogens with zero attached hydrogens (tertiary/aromatic N) is 1. The molecule has 2 N–H and O–H groups in total. The molecule has 1 saturated carbocycles. The summed E-state index contributed by atoms with van der Waals surface area (Å²) in [5, 5.41) is 6.38. The maximum absolute atomic E-state index is 11.3. The molecule has 0 radical (unpaired) electrons. The number of amides is 1. The normalized spacial score (nSPS) is 29.9. The zero-order chi connectivity index (χ0) is 13.0. The molecule has 2 fully saturated rings. The number of ether oxygens (including phenoxy) is 1. The van der Waals surface area contributed by atoms with Gasteiger partial charge in [-0.3, -0.25) is 9.69 Å². The second-order valence-electron chi connectivity index (χ2n) is 5.42. The summed E-state index contributed by atoms with van der Waals surface area (Å²) in [4.78, 5) is 13.5. The summed E-state index contributed by atoms with van der Waals surface area (Å²) >= 11 is 0. The minimum Gasteiger partial charge on any atom is -0.381 e. The second kappa shape index (κ2) is 6.50. The van der Waals surface area contributed by atoms with Gasteiger partial charge in [-0.2, -0.15) is 0 Å². The number of piperidine rings is 1. The lowest BCUT2D eigenvalue weighted by Crippen LogP contribution is -2.52. The number of methoxy groups -OCH3 is 1. The summed E-state index contributed by atoms with van der Waals surface area (Å²) in [5.74, 6) is 0.114. The first-order valence-electron chi connectivity index (χ1n) is 6.93. The van der Waals surface area contributed by atoms with E-state index >= 15 is 0 Å². The molecular formula is C13H25N3O2. The Bertz CT molecular complexity index is 271. The van der Waals surface area contributed by atoms with Gasteiger partial charge in [-0.1, -0.05) is 0 Å². The van der Waals surface area contributed by atoms with Crippen LogP contribution in [0.5, 0.6) is 0 Å². The molecule has 1 aliphatic carbocycles. The third kappa shape index (κ3) is 3.67. The number of nitrogens with one attached hydrogen (secondary N) is 2. The fraction of sp³-hybridized carbons (Fsp3) is 0.923. The van der Waals surface area contributed by atoms with E-state index in [9.17, 15) is 4.79 Å². The molecule has 1 saturated heterocycles. The van der Waals surface area contributed by atoms with Crippen LogP contribution in [0.15, 0.2) is 0 Å². The van der Waals surface area contributed by atoms with Gasteiger partial charge >= 0.3 is 0 Å². The first-order chi connectivity index (χ1) is 8.71. The molecule has 0 aromatic heterocycles. The Labute approximate surface area is 109 Å². The summed E-state index contributed by atoms with van der Waals surface area (Å²) in [7, 11) is 3.48. The molecule has 2 aliphatic rings. The van der Waals surface area contributed by atoms with Crippen LogP contribution in [0, 0.1) is 0 Å². The Morgan fingerprint density at radius 1 is 1.28 bits per heavy atom. The van der Waals surface area contributed by atoms with Gasteiger partial charge in [0.25, 0.3) is 0 Å². The van der Waals surface area contributed by atoms with Crippen molar-refractivity contribution in [1.29, 1.82) is 0 Å². The molecule has 104 valence electrons. The highest BCUT2D eigenvalue weighted by molar-refractivity contribution is 5.77. The summed E-state index contributed by atoms with van der Waals surface area (Å²) < 4.78 is 5.29. The van der Waals surface area contributed by atoms with Gasteiger partial charge in [-0.15, -0.1) is 0 Å². The van der Waals surface area contributed by atoms with Gasteiger partial charge in [0, 0.05) is 39.3 Å². The molecule has 0 unspecified atom stereocenters. The van der Waals surface area contributed by atoms with Gasteiger partial charge < -0.3 is 15.4 Å². The molecule has 0 aromatic carbocycles. The molecule has 2 rings (SSSR count). The van der Waals surface area contributed by atoms with Gasteiger partial charge in [-0.05, 0) is 25.7 Å². The van der Waals surface area contributed by atoms with Crippen LogP contribution in [0.25, 0.3) is 0 Å². The van der Waals surface area contributed by atoms with Gasteiger partial charge in [0.15, 0.2) is 0 Å². The van der Waals surface area contributed by atoms with Crippen LogP contribution in [-0.4, -0.2) is 62.8 Å². The highest BCUT2D eigenvalue weighted by atomic mass is 16.5. The number of likely N-dealkylation sites (tertiary alicyclic amines) is 1. The van der Waals surface area contributed by atoms with Crippen LogP contribution in [0.2, 0.25) is 0 Å². The second-order valence-corrected chi connectivity index (χ2v) is 5.42. The Morgan fingerprint density at radius 3 is 2.50 bits per heavy atom. The fourth-order valence-corrected chi connectivity index (χ4v) is 2.77. The van der Waals surface area contributed by atoms with Crippen LogP contribution >= 0.6 is 0 Å². The average Bonchev–Trinajstić information content (AvgIpc) is 2.35. The third-order valence-electron chi connectivity index (χ3n) is 4.13. The first kappa shape index (κ1) is 13.8. The molecule has 1 amide bonds. The van der Waals surface area contributed by atoms with Crippen LogP contribution in [0.3, 0.4) is 0 Å². The predicted octanol–water partition coefficient (Wildman–Crippen LogP) is -0.0362. The van der Waals surface area contributed by atoms with Crippen LogP contribution in [0.4, 0.5) is 0 Å². The van der Waals surface area contributed by atoms with E-state index < -0.39 is 0 Å². The average molecular weight is 255 g/mol. The summed E-state index contributed by atoms with van der Waals surface area (Å²) in [6.45, 7) is 2.58. The van der Waals surface area contributed by atoms with Crippen molar-refractivity contribution in [2.75, 3.05) is 33.8 Å². The molecule has 5 nitrogen and oxygen atoms in total. The smallest absolute Gasteiger partial charge is 0.233 e. The summed E-state index contributed by atoms with van der Waals surface area (Å²) in [5.41, 5.74) is 0. The van der Waals surface area contributed by atoms with Gasteiger partial charge in [-0.25, -0.2) is 0 Å². The number of hydrogen-bond donors (Lipinski definition) is 2. The Hall–Kier alpha value is -0.650. The van der Waals surface area contributed by atoms with Gasteiger partial charge in [0.2, 0.25) is 5.91 Å². The zero-order valence-corrected chi connectivity index (χ0v) is 11.4. The molecule has 0 bridgehead atoms. The first-order valence-corrected chi connectivity index (χ1v) is 6.93. The van der Waals surface area contributed by atoms with Crippen molar-refractivity contribution in [2.45, 2.75) is 43.9 Å². The van der Waals surface area contributed by atoms with E-state index in [1.807, 2.05) is 0 Å². The van der Waals surface area contributed by atoms with E-state index in [1.54, 1.807) is 14.2 Å². The van der Waals surface area contributed by atoms with Crippen molar-refractivity contribution in [3.8, 4) is 0 Å². The standard InChI is InChI=1S/C13H25N3O2/c1-14-13(17)9-16-5-3-10(4-6-16)15-11-7-12(8-11)18-2/h10-12,15H,3-9H2,1-2H3,(H,14,17). The molecule has 5 heteroatoms. The molecule has 0 aromatic rings. The van der Waals surface area contributed by atoms with Gasteiger partial charge in [0.1, 0.15) is 0 Å². The Morgan fingerprint density at radius 2 is 1.94 bits per heavy atom. The van der Waals surface area contributed by atoms with Crippen molar-refractivity contribution < 1.29 is 9.53 Å². The molecule has 18 heavy (non-hydrogen) atoms. The van der Waals surface area contributed by atoms with E-state index in [2.05, 4.69) is 15.5 Å². The third-order valence-corrected chi connectivity index (χ3v) is 4.13. The topological polar surface area (TPSA) is 53.6 Å². The van der Waals surface area contributed by atoms with Crippen molar-refractivity contribution in [1.82, 2.24) is 15.5 Å². The Balaban J connectivity index is 1.60. The van der Waals surface area contributed by atoms with Crippen LogP contribution in [0.1, 0.15) is 25.7 Å². The largest absolute Gasteiger partial charge is 0.381 e. The van der Waals surface area contributed by atoms with Crippen molar-refractivity contribution in [3.63, 3.8) is 0 Å². The highest BCUT2D eigenvalue weighted by Crippen LogP contribution is 2.24. The fourth-order valence-electron chi connectivity index (χ4n) is 2.77. The molecule has 0 atom stereocenters. The molecular weight excluding hydrogens is 230 g/mol. The lowest BCUT2D eigenvalue weighted by molar-refractivity contribution is -0.122. The highest BCUT2D eigenvalue weighted by Gasteiger charge is 2.31. The lowest BCUT2D eigenvalue weighted by atomic mass is 9.88. The minimum atomic E-state index is 0.114. The van der Waals surface area contributed by atoms with E-state index in [0.29, 0.717) is 24.7 Å². The molecule has 1 heterocycles. The van der Waals surface area contributed by atoms with E-state index in [0.717, 1.165) is 38.8 Å². The SMILES string of the molecule is CNC(=O)CN1CCC(NC2CC(OC)C2)CC1. The Kier molecular flexibility index (Phi) is 4.97. The molecule has 1 aliphatic heterocycles. The van der Waals surface area contributed by atoms with E-state index in [4.69, 9.17) is 4.74 Å². The number of hydrogen-bond acceptors (Lipinski definition) is 4. The van der Waals surface area contributed by atoms with Crippen molar-refractivity contribution >= 4 is 5.91 Å². The van der Waals surface area contributed by atoms with E-state index in [1.165, 1.54) is 0 Å². The maximum atomic E-state index is 11.3. The zero-order valence-electron chi connectivity index (χ0n) is 11.4. The number of likely N-dealkylation sites (N-methyl/N-ethyl adjacent to an activating group) is 1. The number of carbonyl (C=O) groups excluding carboxylic acids is 1. The van der Waals surface area contributed by atoms with Crippen molar-refractivity contribution in [2.24, 2.45) is 0 Å². The lowest BCUT2D eigenvalue weighted by Gasteiger charge is -2.40. The number of carbonyl (C=O) groups is 1. The summed E-state index contributed by atoms with van der Waals surface area (Å²) in [6.07, 6.45) is 5.05. The van der Waals surface area contributed by atoms with Crippen molar-refractivity contribution in [3.05, 3.63) is 0 Å². The summed E-state index contributed by atoms with van der Waals surface area (Å²) in [6, 6.07) is 1.26. The minimum absolute atomic E-state index is 0.114.